The molecule has 136 valence electrons. The number of tetrazole rings is 1. The summed E-state index contributed by atoms with van der Waals surface area (Å²) in [5.41, 5.74) is 4.75. The molecule has 1 N–H and O–H groups in total. The molecule has 0 unspecified atom stereocenters. The van der Waals surface area contributed by atoms with E-state index in [0.717, 1.165) is 22.4 Å². The number of carbonyl (C=O) groups excluding carboxylic acids is 1. The predicted octanol–water partition coefficient (Wildman–Crippen LogP) is 3.08. The van der Waals surface area contributed by atoms with Crippen molar-refractivity contribution in [2.75, 3.05) is 11.1 Å². The van der Waals surface area contributed by atoms with Gasteiger partial charge in [-0.2, -0.15) is 9.94 Å². The van der Waals surface area contributed by atoms with Crippen LogP contribution < -0.4 is 5.32 Å². The lowest BCUT2D eigenvalue weighted by molar-refractivity contribution is -0.113. The molecule has 3 rings (SSSR count). The van der Waals surface area contributed by atoms with Crippen LogP contribution >= 0.6 is 11.8 Å². The Labute approximate surface area is 161 Å². The zero-order valence-electron chi connectivity index (χ0n) is 15.0. The van der Waals surface area contributed by atoms with Gasteiger partial charge in [-0.05, 0) is 59.2 Å². The standard InChI is InChI=1S/C19H18N6OS/c1-13-4-3-5-17(14(13)2)25-19(22-23-24-25)27-12-18(26)21-16-8-6-15(7-9-16)10-11-20/h3-9H,10,12H2,1-2H3,(H,21,26). The maximum Gasteiger partial charge on any atom is 0.234 e. The van der Waals surface area contributed by atoms with Gasteiger partial charge < -0.3 is 5.32 Å². The van der Waals surface area contributed by atoms with Gasteiger partial charge in [0.2, 0.25) is 11.1 Å². The fraction of sp³-hybridized carbons (Fsp3) is 0.211. The number of nitrogens with zero attached hydrogens (tertiary/aromatic N) is 5. The number of hydrogen-bond donors (Lipinski definition) is 1. The monoisotopic (exact) mass is 378 g/mol. The summed E-state index contributed by atoms with van der Waals surface area (Å²) in [6, 6.07) is 15.3. The molecule has 1 aromatic heterocycles. The Bertz CT molecular complexity index is 990. The van der Waals surface area contributed by atoms with E-state index in [4.69, 9.17) is 5.26 Å². The van der Waals surface area contributed by atoms with Crippen molar-refractivity contribution in [2.45, 2.75) is 25.4 Å². The largest absolute Gasteiger partial charge is 0.325 e. The summed E-state index contributed by atoms with van der Waals surface area (Å²) in [5, 5.41) is 23.9. The Morgan fingerprint density at radius 3 is 2.74 bits per heavy atom. The normalized spacial score (nSPS) is 10.4. The highest BCUT2D eigenvalue weighted by Gasteiger charge is 2.14. The molecule has 1 heterocycles. The highest BCUT2D eigenvalue weighted by Crippen LogP contribution is 2.22. The van der Waals surface area contributed by atoms with E-state index in [1.807, 2.05) is 44.2 Å². The quantitative estimate of drug-likeness (QED) is 0.662. The summed E-state index contributed by atoms with van der Waals surface area (Å²) in [5.74, 6) is 0.0362. The van der Waals surface area contributed by atoms with Gasteiger partial charge in [0.25, 0.3) is 0 Å². The molecule has 0 aliphatic rings. The van der Waals surface area contributed by atoms with Crippen LogP contribution in [0.25, 0.3) is 5.69 Å². The van der Waals surface area contributed by atoms with Crippen LogP contribution in [0.2, 0.25) is 0 Å². The second-order valence-corrected chi connectivity index (χ2v) is 6.90. The number of amides is 1. The molecule has 1 amide bonds. The molecule has 8 heteroatoms. The van der Waals surface area contributed by atoms with Crippen LogP contribution in [0.5, 0.6) is 0 Å². The van der Waals surface area contributed by atoms with Gasteiger partial charge in [-0.25, -0.2) is 0 Å². The predicted molar refractivity (Wildman–Crippen MR) is 104 cm³/mol. The third-order valence-corrected chi connectivity index (χ3v) is 5.02. The second kappa shape index (κ2) is 8.47. The average molecular weight is 378 g/mol. The summed E-state index contributed by atoms with van der Waals surface area (Å²) in [4.78, 5) is 12.2. The molecule has 0 aliphatic carbocycles. The third kappa shape index (κ3) is 4.51. The summed E-state index contributed by atoms with van der Waals surface area (Å²) < 4.78 is 1.65. The summed E-state index contributed by atoms with van der Waals surface area (Å²) >= 11 is 1.27. The van der Waals surface area contributed by atoms with E-state index in [1.165, 1.54) is 11.8 Å². The van der Waals surface area contributed by atoms with Crippen molar-refractivity contribution in [3.05, 3.63) is 59.2 Å². The number of rotatable bonds is 6. The second-order valence-electron chi connectivity index (χ2n) is 5.96. The van der Waals surface area contributed by atoms with Crippen LogP contribution in [-0.4, -0.2) is 31.9 Å². The molecule has 0 atom stereocenters. The number of carbonyl (C=O) groups is 1. The van der Waals surface area contributed by atoms with Crippen molar-refractivity contribution >= 4 is 23.4 Å². The Hall–Kier alpha value is -3.18. The number of hydrogen-bond acceptors (Lipinski definition) is 6. The molecule has 0 radical (unpaired) electrons. The number of aryl methyl sites for hydroxylation is 1. The van der Waals surface area contributed by atoms with Crippen LogP contribution in [0.3, 0.4) is 0 Å². The van der Waals surface area contributed by atoms with Gasteiger partial charge in [0, 0.05) is 5.69 Å². The van der Waals surface area contributed by atoms with Crippen LogP contribution in [0.1, 0.15) is 16.7 Å². The molecular formula is C19H18N6OS. The fourth-order valence-corrected chi connectivity index (χ4v) is 3.19. The maximum atomic E-state index is 12.2. The van der Waals surface area contributed by atoms with Crippen molar-refractivity contribution in [3.63, 3.8) is 0 Å². The van der Waals surface area contributed by atoms with E-state index >= 15 is 0 Å². The number of nitriles is 1. The Morgan fingerprint density at radius 1 is 1.22 bits per heavy atom. The van der Waals surface area contributed by atoms with Gasteiger partial charge in [-0.15, -0.1) is 5.10 Å². The zero-order valence-corrected chi connectivity index (χ0v) is 15.8. The van der Waals surface area contributed by atoms with Crippen molar-refractivity contribution in [3.8, 4) is 11.8 Å². The molecular weight excluding hydrogens is 360 g/mol. The summed E-state index contributed by atoms with van der Waals surface area (Å²) in [6.07, 6.45) is 0.352. The molecule has 0 spiro atoms. The first kappa shape index (κ1) is 18.6. The van der Waals surface area contributed by atoms with E-state index < -0.39 is 0 Å². The highest BCUT2D eigenvalue weighted by atomic mass is 32.2. The lowest BCUT2D eigenvalue weighted by Crippen LogP contribution is -2.14. The van der Waals surface area contributed by atoms with E-state index in [1.54, 1.807) is 16.8 Å². The van der Waals surface area contributed by atoms with Gasteiger partial charge in [-0.3, -0.25) is 4.79 Å². The van der Waals surface area contributed by atoms with E-state index in [-0.39, 0.29) is 11.7 Å². The number of nitrogens with one attached hydrogen (secondary N) is 1. The topological polar surface area (TPSA) is 96.5 Å². The lowest BCUT2D eigenvalue weighted by Gasteiger charge is -2.09. The van der Waals surface area contributed by atoms with Crippen molar-refractivity contribution in [1.82, 2.24) is 20.2 Å². The number of aromatic nitrogens is 4. The van der Waals surface area contributed by atoms with Gasteiger partial charge in [-0.1, -0.05) is 36.0 Å². The van der Waals surface area contributed by atoms with Crippen LogP contribution in [0, 0.1) is 25.2 Å². The first-order chi connectivity index (χ1) is 13.1. The maximum absolute atomic E-state index is 12.2. The summed E-state index contributed by atoms with van der Waals surface area (Å²) in [6.45, 7) is 4.05. The minimum Gasteiger partial charge on any atom is -0.325 e. The molecule has 0 fully saturated rings. The molecule has 0 bridgehead atoms. The molecule has 3 aromatic rings. The van der Waals surface area contributed by atoms with E-state index in [0.29, 0.717) is 17.3 Å². The molecule has 0 saturated heterocycles. The van der Waals surface area contributed by atoms with Crippen LogP contribution in [0.15, 0.2) is 47.6 Å². The molecule has 7 nitrogen and oxygen atoms in total. The number of benzene rings is 2. The van der Waals surface area contributed by atoms with Gasteiger partial charge in [0.15, 0.2) is 0 Å². The smallest absolute Gasteiger partial charge is 0.234 e. The van der Waals surface area contributed by atoms with Gasteiger partial charge in [0.1, 0.15) is 0 Å². The van der Waals surface area contributed by atoms with Crippen LogP contribution in [-0.2, 0) is 11.2 Å². The number of thioether (sulfide) groups is 1. The fourth-order valence-electron chi connectivity index (χ4n) is 2.51. The Balaban J connectivity index is 1.64. The highest BCUT2D eigenvalue weighted by molar-refractivity contribution is 7.99. The SMILES string of the molecule is Cc1cccc(-n2nnnc2SCC(=O)Nc2ccc(CC#N)cc2)c1C. The summed E-state index contributed by atoms with van der Waals surface area (Å²) in [7, 11) is 0. The number of anilines is 1. The van der Waals surface area contributed by atoms with Crippen LogP contribution in [0.4, 0.5) is 5.69 Å². The Morgan fingerprint density at radius 2 is 2.00 bits per heavy atom. The molecule has 2 aromatic carbocycles. The molecule has 0 aliphatic heterocycles. The molecule has 27 heavy (non-hydrogen) atoms. The van der Waals surface area contributed by atoms with Crippen molar-refractivity contribution < 1.29 is 4.79 Å². The van der Waals surface area contributed by atoms with E-state index in [2.05, 4.69) is 26.9 Å². The average Bonchev–Trinajstić information content (AvgIpc) is 3.12. The lowest BCUT2D eigenvalue weighted by atomic mass is 10.1. The minimum absolute atomic E-state index is 0.149. The van der Waals surface area contributed by atoms with Gasteiger partial charge >= 0.3 is 0 Å². The minimum atomic E-state index is -0.149. The first-order valence-corrected chi connectivity index (χ1v) is 9.30. The zero-order chi connectivity index (χ0) is 19.2. The first-order valence-electron chi connectivity index (χ1n) is 8.32. The van der Waals surface area contributed by atoms with Crippen molar-refractivity contribution in [2.24, 2.45) is 0 Å². The van der Waals surface area contributed by atoms with Gasteiger partial charge in [0.05, 0.1) is 23.9 Å². The Kier molecular flexibility index (Phi) is 5.84. The van der Waals surface area contributed by atoms with E-state index in [9.17, 15) is 4.79 Å². The van der Waals surface area contributed by atoms with Crippen molar-refractivity contribution in [1.29, 1.82) is 5.26 Å². The molecule has 0 saturated carbocycles. The third-order valence-electron chi connectivity index (χ3n) is 4.10.